The zero-order valence-electron chi connectivity index (χ0n) is 19.8. The number of hydrogen-bond acceptors (Lipinski definition) is 2. The van der Waals surface area contributed by atoms with Crippen LogP contribution in [0, 0.1) is 23.7 Å². The van der Waals surface area contributed by atoms with Gasteiger partial charge in [-0.05, 0) is 48.9 Å². The molecule has 0 aliphatic carbocycles. The van der Waals surface area contributed by atoms with Crippen molar-refractivity contribution in [1.29, 1.82) is 0 Å². The van der Waals surface area contributed by atoms with Crippen molar-refractivity contribution < 1.29 is 19.8 Å². The summed E-state index contributed by atoms with van der Waals surface area (Å²) in [6.45, 7) is 7.64. The third-order valence-electron chi connectivity index (χ3n) is 6.09. The van der Waals surface area contributed by atoms with Gasteiger partial charge in [0.2, 0.25) is 0 Å². The Labute approximate surface area is 197 Å². The molecule has 0 bridgehead atoms. The predicted octanol–water partition coefficient (Wildman–Crippen LogP) is 5.96. The number of carboxylic acids is 2. The minimum absolute atomic E-state index is 0.440. The Morgan fingerprint density at radius 3 is 1.52 bits per heavy atom. The third-order valence-corrected chi connectivity index (χ3v) is 6.09. The van der Waals surface area contributed by atoms with Gasteiger partial charge in [-0.1, -0.05) is 62.4 Å². The maximum Gasteiger partial charge on any atom is 0.311 e. The van der Waals surface area contributed by atoms with Crippen LogP contribution in [0.4, 0.5) is 0 Å². The van der Waals surface area contributed by atoms with E-state index in [1.807, 2.05) is 48.5 Å². The number of carboxylic acid groups (broad SMARTS) is 2. The highest BCUT2D eigenvalue weighted by atomic mass is 16.4. The van der Waals surface area contributed by atoms with Crippen molar-refractivity contribution >= 4 is 11.9 Å². The van der Waals surface area contributed by atoms with Gasteiger partial charge in [0.1, 0.15) is 0 Å². The predicted molar refractivity (Wildman–Crippen MR) is 131 cm³/mol. The first-order valence-corrected chi connectivity index (χ1v) is 11.2. The van der Waals surface area contributed by atoms with Crippen LogP contribution >= 0.6 is 0 Å². The number of benzene rings is 2. The van der Waals surface area contributed by atoms with Gasteiger partial charge in [0.15, 0.2) is 0 Å². The Hall–Kier alpha value is -3.50. The van der Waals surface area contributed by atoms with Crippen LogP contribution in [0.5, 0.6) is 0 Å². The first-order chi connectivity index (χ1) is 15.7. The van der Waals surface area contributed by atoms with Crippen LogP contribution < -0.4 is 0 Å². The molecule has 0 aromatic heterocycles. The van der Waals surface area contributed by atoms with E-state index in [0.717, 1.165) is 22.3 Å². The first kappa shape index (κ1) is 25.8. The van der Waals surface area contributed by atoms with E-state index in [9.17, 15) is 19.8 Å². The lowest BCUT2D eigenvalue weighted by Gasteiger charge is -2.28. The fraction of sp³-hybridized carbons (Fsp3) is 0.379. The summed E-state index contributed by atoms with van der Waals surface area (Å²) in [6.07, 6.45) is 1.97. The first-order valence-electron chi connectivity index (χ1n) is 11.2. The third kappa shape index (κ3) is 6.74. The molecule has 33 heavy (non-hydrogen) atoms. The topological polar surface area (TPSA) is 74.6 Å². The molecule has 0 fully saturated rings. The molecule has 0 saturated carbocycles. The minimum Gasteiger partial charge on any atom is -0.481 e. The minimum atomic E-state index is -0.857. The molecule has 0 amide bonds. The fourth-order valence-corrected chi connectivity index (χ4v) is 4.00. The van der Waals surface area contributed by atoms with Crippen LogP contribution in [0.25, 0.3) is 0 Å². The molecule has 2 atom stereocenters. The summed E-state index contributed by atoms with van der Waals surface area (Å²) >= 11 is 0. The lowest BCUT2D eigenvalue weighted by atomic mass is 9.75. The fourth-order valence-electron chi connectivity index (χ4n) is 4.00. The van der Waals surface area contributed by atoms with Gasteiger partial charge < -0.3 is 10.2 Å². The monoisotopic (exact) mass is 444 g/mol. The second-order valence-corrected chi connectivity index (χ2v) is 8.59. The summed E-state index contributed by atoms with van der Waals surface area (Å²) in [6, 6.07) is 15.4. The van der Waals surface area contributed by atoms with E-state index in [4.69, 9.17) is 0 Å². The molecule has 2 N–H and O–H groups in total. The van der Waals surface area contributed by atoms with Crippen molar-refractivity contribution in [3.8, 4) is 23.7 Å². The van der Waals surface area contributed by atoms with Crippen molar-refractivity contribution in [2.75, 3.05) is 0 Å². The molecule has 2 aromatic carbocycles. The zero-order valence-corrected chi connectivity index (χ0v) is 19.8. The van der Waals surface area contributed by atoms with Gasteiger partial charge in [0.05, 0.1) is 11.8 Å². The standard InChI is InChI=1S/C29H32O4/c1-5-7-9-17-25(27(30)31)21-13-11-15-23(19-21)29(3,4)24-16-12-14-22(20-24)26(28(32)33)18-10-8-6-2/h11-16,19-20,25-26H,9-10,17-18H2,1-4H3,(H,30,31)(H,32,33). The molecule has 2 rings (SSSR count). The molecule has 2 unspecified atom stereocenters. The van der Waals surface area contributed by atoms with Gasteiger partial charge in [-0.25, -0.2) is 0 Å². The maximum absolute atomic E-state index is 11.9. The van der Waals surface area contributed by atoms with E-state index in [1.165, 1.54) is 0 Å². The van der Waals surface area contributed by atoms with Gasteiger partial charge >= 0.3 is 11.9 Å². The van der Waals surface area contributed by atoms with E-state index < -0.39 is 29.2 Å². The number of hydrogen-bond donors (Lipinski definition) is 2. The normalized spacial score (nSPS) is 12.5. The summed E-state index contributed by atoms with van der Waals surface area (Å²) in [7, 11) is 0. The second kappa shape index (κ2) is 11.9. The van der Waals surface area contributed by atoms with Crippen molar-refractivity contribution in [2.24, 2.45) is 0 Å². The quantitative estimate of drug-likeness (QED) is 0.444. The van der Waals surface area contributed by atoms with Gasteiger partial charge in [0.25, 0.3) is 0 Å². The highest BCUT2D eigenvalue weighted by Gasteiger charge is 2.28. The summed E-state index contributed by atoms with van der Waals surface area (Å²) in [5.41, 5.74) is 3.03. The van der Waals surface area contributed by atoms with Crippen molar-refractivity contribution in [1.82, 2.24) is 0 Å². The maximum atomic E-state index is 11.9. The van der Waals surface area contributed by atoms with E-state index >= 15 is 0 Å². The number of rotatable bonds is 10. The summed E-state index contributed by atoms with van der Waals surface area (Å²) in [5.74, 6) is 8.57. The SMILES string of the molecule is CC#CCCC(C(=O)O)c1cccc(C(C)(C)c2cccc(C(CCC#CC)C(=O)O)c2)c1. The van der Waals surface area contributed by atoms with Crippen LogP contribution in [-0.2, 0) is 15.0 Å². The number of carbonyl (C=O) groups is 2. The van der Waals surface area contributed by atoms with E-state index in [-0.39, 0.29) is 0 Å². The van der Waals surface area contributed by atoms with Crippen molar-refractivity contribution in [3.63, 3.8) is 0 Å². The average Bonchev–Trinajstić information content (AvgIpc) is 2.79. The Kier molecular flexibility index (Phi) is 9.31. The molecule has 0 radical (unpaired) electrons. The molecule has 0 spiro atoms. The van der Waals surface area contributed by atoms with Crippen LogP contribution in [0.2, 0.25) is 0 Å². The highest BCUT2D eigenvalue weighted by molar-refractivity contribution is 5.77. The molecule has 0 aliphatic heterocycles. The number of aliphatic carboxylic acids is 2. The van der Waals surface area contributed by atoms with Gasteiger partial charge in [0, 0.05) is 18.3 Å². The van der Waals surface area contributed by atoms with E-state index in [0.29, 0.717) is 25.7 Å². The second-order valence-electron chi connectivity index (χ2n) is 8.59. The lowest BCUT2D eigenvalue weighted by molar-refractivity contribution is -0.139. The van der Waals surface area contributed by atoms with Crippen molar-refractivity contribution in [2.45, 2.75) is 70.6 Å². The largest absolute Gasteiger partial charge is 0.481 e. The van der Waals surface area contributed by atoms with Crippen LogP contribution in [0.3, 0.4) is 0 Å². The molecule has 4 heteroatoms. The van der Waals surface area contributed by atoms with Crippen molar-refractivity contribution in [3.05, 3.63) is 70.8 Å². The zero-order chi connectivity index (χ0) is 24.4. The Morgan fingerprint density at radius 1 is 0.788 bits per heavy atom. The van der Waals surface area contributed by atoms with Crippen LogP contribution in [0.15, 0.2) is 48.5 Å². The average molecular weight is 445 g/mol. The van der Waals surface area contributed by atoms with Gasteiger partial charge in [-0.15, -0.1) is 23.7 Å². The summed E-state index contributed by atoms with van der Waals surface area (Å²) in [5, 5.41) is 19.5. The smallest absolute Gasteiger partial charge is 0.311 e. The summed E-state index contributed by atoms with van der Waals surface area (Å²) in [4.78, 5) is 23.8. The van der Waals surface area contributed by atoms with Crippen LogP contribution in [0.1, 0.15) is 87.5 Å². The van der Waals surface area contributed by atoms with Gasteiger partial charge in [-0.3, -0.25) is 9.59 Å². The molecular formula is C29H32O4. The highest BCUT2D eigenvalue weighted by Crippen LogP contribution is 2.35. The molecule has 172 valence electrons. The van der Waals surface area contributed by atoms with E-state index in [1.54, 1.807) is 13.8 Å². The molecular weight excluding hydrogens is 412 g/mol. The molecule has 0 aliphatic rings. The van der Waals surface area contributed by atoms with E-state index in [2.05, 4.69) is 37.5 Å². The lowest BCUT2D eigenvalue weighted by Crippen LogP contribution is -2.21. The summed E-state index contributed by atoms with van der Waals surface area (Å²) < 4.78 is 0. The molecule has 0 heterocycles. The van der Waals surface area contributed by atoms with Crippen LogP contribution in [-0.4, -0.2) is 22.2 Å². The Morgan fingerprint density at radius 2 is 1.18 bits per heavy atom. The Balaban J connectivity index is 2.41. The molecule has 4 nitrogen and oxygen atoms in total. The molecule has 0 saturated heterocycles. The Bertz CT molecular complexity index is 1020. The molecule has 2 aromatic rings. The van der Waals surface area contributed by atoms with Gasteiger partial charge in [-0.2, -0.15) is 0 Å².